The van der Waals surface area contributed by atoms with E-state index in [9.17, 15) is 19.5 Å². The van der Waals surface area contributed by atoms with E-state index in [0.29, 0.717) is 10.6 Å². The smallest absolute Gasteiger partial charge is 0.342 e. The lowest BCUT2D eigenvalue weighted by Gasteiger charge is -2.08. The van der Waals surface area contributed by atoms with Crippen LogP contribution in [-0.4, -0.2) is 29.5 Å². The third-order valence-corrected chi connectivity index (χ3v) is 5.33. The maximum Gasteiger partial charge on any atom is 0.342 e. The molecule has 0 saturated heterocycles. The van der Waals surface area contributed by atoms with E-state index in [1.54, 1.807) is 13.0 Å². The lowest BCUT2D eigenvalue weighted by Crippen LogP contribution is -2.22. The Bertz CT molecular complexity index is 903. The zero-order valence-corrected chi connectivity index (χ0v) is 14.9. The van der Waals surface area contributed by atoms with Gasteiger partial charge in [0.1, 0.15) is 16.3 Å². The molecule has 0 saturated carbocycles. The van der Waals surface area contributed by atoms with Crippen LogP contribution in [0.3, 0.4) is 0 Å². The van der Waals surface area contributed by atoms with Gasteiger partial charge in [-0.1, -0.05) is 11.6 Å². The van der Waals surface area contributed by atoms with Gasteiger partial charge in [0.2, 0.25) is 0 Å². The largest absolute Gasteiger partial charge is 0.507 e. The molecule has 0 spiro atoms. The molecule has 0 fully saturated rings. The summed E-state index contributed by atoms with van der Waals surface area (Å²) < 4.78 is 4.95. The van der Waals surface area contributed by atoms with Gasteiger partial charge in [0, 0.05) is 4.88 Å². The molecule has 136 valence electrons. The molecule has 3 rings (SSSR count). The molecule has 1 aromatic heterocycles. The molecule has 7 nitrogen and oxygen atoms in total. The minimum Gasteiger partial charge on any atom is -0.507 e. The fourth-order valence-electron chi connectivity index (χ4n) is 2.94. The van der Waals surface area contributed by atoms with Crippen molar-refractivity contribution < 1.29 is 24.2 Å². The van der Waals surface area contributed by atoms with E-state index < -0.39 is 24.4 Å². The lowest BCUT2D eigenvalue weighted by molar-refractivity contribution is -0.119. The molecule has 2 amide bonds. The second-order valence-electron chi connectivity index (χ2n) is 6.07. The summed E-state index contributed by atoms with van der Waals surface area (Å²) in [4.78, 5) is 36.9. The summed E-state index contributed by atoms with van der Waals surface area (Å²) in [6, 6.07) is 4.52. The summed E-state index contributed by atoms with van der Waals surface area (Å²) in [5, 5.41) is 12.7. The van der Waals surface area contributed by atoms with Crippen molar-refractivity contribution in [3.05, 3.63) is 45.3 Å². The van der Waals surface area contributed by atoms with Gasteiger partial charge in [-0.3, -0.25) is 9.59 Å². The number of anilines is 1. The van der Waals surface area contributed by atoms with Crippen LogP contribution in [-0.2, 0) is 22.4 Å². The molecule has 0 atom stereocenters. The van der Waals surface area contributed by atoms with E-state index in [1.807, 2.05) is 0 Å². The average Bonchev–Trinajstić information content (AvgIpc) is 3.15. The van der Waals surface area contributed by atoms with Crippen molar-refractivity contribution in [3.63, 3.8) is 0 Å². The van der Waals surface area contributed by atoms with Crippen LogP contribution in [0.4, 0.5) is 5.00 Å². The lowest BCUT2D eigenvalue weighted by atomic mass is 10.1. The van der Waals surface area contributed by atoms with Gasteiger partial charge in [0.05, 0.1) is 5.56 Å². The van der Waals surface area contributed by atoms with Crippen molar-refractivity contribution in [2.75, 3.05) is 11.9 Å². The van der Waals surface area contributed by atoms with Crippen molar-refractivity contribution in [1.82, 2.24) is 0 Å². The Morgan fingerprint density at radius 3 is 2.81 bits per heavy atom. The fraction of sp³-hybridized carbons (Fsp3) is 0.278. The Labute approximate surface area is 153 Å². The number of amides is 2. The van der Waals surface area contributed by atoms with Gasteiger partial charge in [0.25, 0.3) is 11.8 Å². The number of aromatic hydroxyl groups is 1. The van der Waals surface area contributed by atoms with E-state index >= 15 is 0 Å². The molecule has 0 radical (unpaired) electrons. The summed E-state index contributed by atoms with van der Waals surface area (Å²) in [6.45, 7) is 1.23. The number of phenols is 1. The average molecular weight is 374 g/mol. The third kappa shape index (κ3) is 3.55. The number of esters is 1. The highest BCUT2D eigenvalue weighted by molar-refractivity contribution is 7.17. The summed E-state index contributed by atoms with van der Waals surface area (Å²) in [5.74, 6) is -2.17. The molecule has 8 heteroatoms. The number of fused-ring (bicyclic) bond motifs is 1. The minimum atomic E-state index is -0.801. The van der Waals surface area contributed by atoms with Gasteiger partial charge >= 0.3 is 5.97 Å². The zero-order chi connectivity index (χ0) is 18.8. The van der Waals surface area contributed by atoms with E-state index in [0.717, 1.165) is 35.3 Å². The minimum absolute atomic E-state index is 0.00859. The molecule has 0 bridgehead atoms. The van der Waals surface area contributed by atoms with Crippen molar-refractivity contribution in [3.8, 4) is 5.75 Å². The molecular weight excluding hydrogens is 356 g/mol. The number of aryl methyl sites for hydroxylation is 2. The van der Waals surface area contributed by atoms with Crippen LogP contribution in [0.1, 0.15) is 43.1 Å². The van der Waals surface area contributed by atoms with Crippen LogP contribution in [0.2, 0.25) is 0 Å². The third-order valence-electron chi connectivity index (χ3n) is 4.13. The molecule has 1 aliphatic carbocycles. The number of ether oxygens (including phenoxy) is 1. The number of nitrogens with two attached hydrogens (primary N) is 1. The second kappa shape index (κ2) is 7.17. The van der Waals surface area contributed by atoms with Gasteiger partial charge in [-0.05, 0) is 43.9 Å². The van der Waals surface area contributed by atoms with Crippen molar-refractivity contribution in [1.29, 1.82) is 0 Å². The quantitative estimate of drug-likeness (QED) is 0.693. The standard InChI is InChI=1S/C18H18N2O5S/c1-9-5-6-12(21)11(7-9)18(24)25-8-14(22)20-17-15(16(19)23)10-3-2-4-13(10)26-17/h5-7,21H,2-4,8H2,1H3,(H2,19,23)(H,20,22). The van der Waals surface area contributed by atoms with E-state index in [4.69, 9.17) is 10.5 Å². The Morgan fingerprint density at radius 1 is 1.31 bits per heavy atom. The van der Waals surface area contributed by atoms with Gasteiger partial charge in [-0.25, -0.2) is 4.79 Å². The maximum atomic E-state index is 12.1. The number of hydrogen-bond acceptors (Lipinski definition) is 6. The summed E-state index contributed by atoms with van der Waals surface area (Å²) in [7, 11) is 0. The SMILES string of the molecule is Cc1ccc(O)c(C(=O)OCC(=O)Nc2sc3c(c2C(N)=O)CCC3)c1. The molecule has 2 aromatic rings. The van der Waals surface area contributed by atoms with Crippen LogP contribution in [0.15, 0.2) is 18.2 Å². The zero-order valence-electron chi connectivity index (χ0n) is 14.1. The number of nitrogens with one attached hydrogen (secondary N) is 1. The van der Waals surface area contributed by atoms with Crippen LogP contribution >= 0.6 is 11.3 Å². The number of carbonyl (C=O) groups excluding carboxylic acids is 3. The normalized spacial score (nSPS) is 12.5. The first-order valence-corrected chi connectivity index (χ1v) is 8.89. The molecule has 4 N–H and O–H groups in total. The first kappa shape index (κ1) is 17.9. The van der Waals surface area contributed by atoms with Crippen molar-refractivity contribution in [2.24, 2.45) is 5.73 Å². The number of benzene rings is 1. The molecule has 0 aliphatic heterocycles. The molecule has 26 heavy (non-hydrogen) atoms. The second-order valence-corrected chi connectivity index (χ2v) is 7.18. The van der Waals surface area contributed by atoms with E-state index in [2.05, 4.69) is 5.32 Å². The first-order valence-electron chi connectivity index (χ1n) is 8.07. The molecule has 1 aliphatic rings. The summed E-state index contributed by atoms with van der Waals surface area (Å²) in [6.07, 6.45) is 2.59. The predicted octanol–water partition coefficient (Wildman–Crippen LogP) is 2.15. The Hall–Kier alpha value is -2.87. The summed E-state index contributed by atoms with van der Waals surface area (Å²) >= 11 is 1.33. The van der Waals surface area contributed by atoms with Crippen LogP contribution in [0, 0.1) is 6.92 Å². The van der Waals surface area contributed by atoms with Crippen LogP contribution < -0.4 is 11.1 Å². The first-order chi connectivity index (χ1) is 12.4. The van der Waals surface area contributed by atoms with E-state index in [1.165, 1.54) is 23.5 Å². The van der Waals surface area contributed by atoms with Gasteiger partial charge < -0.3 is 20.9 Å². The number of carbonyl (C=O) groups is 3. The van der Waals surface area contributed by atoms with Crippen molar-refractivity contribution >= 4 is 34.1 Å². The predicted molar refractivity (Wildman–Crippen MR) is 96.6 cm³/mol. The Balaban J connectivity index is 1.66. The molecule has 1 aromatic carbocycles. The van der Waals surface area contributed by atoms with Gasteiger partial charge in [0.15, 0.2) is 6.61 Å². The molecule has 0 unspecified atom stereocenters. The number of phenolic OH excluding ortho intramolecular Hbond substituents is 1. The topological polar surface area (TPSA) is 119 Å². The number of hydrogen-bond donors (Lipinski definition) is 3. The van der Waals surface area contributed by atoms with Crippen molar-refractivity contribution in [2.45, 2.75) is 26.2 Å². The monoisotopic (exact) mass is 374 g/mol. The van der Waals surface area contributed by atoms with Crippen LogP contribution in [0.5, 0.6) is 5.75 Å². The highest BCUT2D eigenvalue weighted by Gasteiger charge is 2.26. The fourth-order valence-corrected chi connectivity index (χ4v) is 4.25. The molecular formula is C18H18N2O5S. The Kier molecular flexibility index (Phi) is 4.94. The highest BCUT2D eigenvalue weighted by Crippen LogP contribution is 2.38. The maximum absolute atomic E-state index is 12.1. The van der Waals surface area contributed by atoms with Gasteiger partial charge in [-0.15, -0.1) is 11.3 Å². The number of thiophene rings is 1. The van der Waals surface area contributed by atoms with Crippen LogP contribution in [0.25, 0.3) is 0 Å². The number of rotatable bonds is 5. The highest BCUT2D eigenvalue weighted by atomic mass is 32.1. The summed E-state index contributed by atoms with van der Waals surface area (Å²) in [5.41, 5.74) is 7.46. The Morgan fingerprint density at radius 2 is 2.08 bits per heavy atom. The number of primary amides is 1. The molecule has 1 heterocycles. The van der Waals surface area contributed by atoms with Gasteiger partial charge in [-0.2, -0.15) is 0 Å². The van der Waals surface area contributed by atoms with E-state index in [-0.39, 0.29) is 11.3 Å².